The summed E-state index contributed by atoms with van der Waals surface area (Å²) < 4.78 is 11.0. The Hall–Kier alpha value is -1.78. The minimum Gasteiger partial charge on any atom is -0.462 e. The van der Waals surface area contributed by atoms with Gasteiger partial charge >= 0.3 is 11.6 Å². The third-order valence-corrected chi connectivity index (χ3v) is 12.8. The van der Waals surface area contributed by atoms with Crippen LogP contribution >= 0.6 is 0 Å². The lowest BCUT2D eigenvalue weighted by molar-refractivity contribution is -0.292. The van der Waals surface area contributed by atoms with E-state index in [0.717, 1.165) is 50.5 Å². The molecule has 0 radical (unpaired) electrons. The van der Waals surface area contributed by atoms with Gasteiger partial charge in [0.05, 0.1) is 30.2 Å². The average molecular weight is 633 g/mol. The summed E-state index contributed by atoms with van der Waals surface area (Å²) in [6.07, 6.45) is 13.6. The number of aliphatic hydroxyl groups is 5. The molecule has 4 aliphatic carbocycles. The molecule has 4 saturated carbocycles. The maximum absolute atomic E-state index is 12.7. The van der Waals surface area contributed by atoms with Gasteiger partial charge < -0.3 is 34.7 Å². The van der Waals surface area contributed by atoms with Gasteiger partial charge in [0, 0.05) is 42.3 Å². The number of fused-ring (bicyclic) bond motifs is 5. The number of rotatable bonds is 14. The summed E-state index contributed by atoms with van der Waals surface area (Å²) in [5.41, 5.74) is -3.65. The fourth-order valence-corrected chi connectivity index (χ4v) is 10.4. The van der Waals surface area contributed by atoms with E-state index in [1.54, 1.807) is 6.07 Å². The third-order valence-electron chi connectivity index (χ3n) is 12.8. The van der Waals surface area contributed by atoms with Crippen LogP contribution in [-0.2, 0) is 9.53 Å². The van der Waals surface area contributed by atoms with E-state index in [1.165, 1.54) is 25.2 Å². The molecular weight excluding hydrogens is 576 g/mol. The largest absolute Gasteiger partial charge is 0.462 e. The Bertz CT molecular complexity index is 1180. The van der Waals surface area contributed by atoms with Crippen LogP contribution in [0, 0.1) is 22.7 Å². The first-order valence-electron chi connectivity index (χ1n) is 17.7. The zero-order valence-corrected chi connectivity index (χ0v) is 27.1. The third kappa shape index (κ3) is 6.41. The van der Waals surface area contributed by atoms with Crippen LogP contribution in [0.4, 0.5) is 0 Å². The second-order valence-electron chi connectivity index (χ2n) is 15.1. The number of unbranched alkanes of at least 4 members (excludes halogenated alkanes) is 8. The lowest BCUT2D eigenvalue weighted by atomic mass is 9.41. The Kier molecular flexibility index (Phi) is 10.9. The highest BCUT2D eigenvalue weighted by Crippen LogP contribution is 2.71. The molecule has 9 heteroatoms. The first-order chi connectivity index (χ1) is 21.5. The minimum atomic E-state index is -1.31. The van der Waals surface area contributed by atoms with E-state index in [9.17, 15) is 30.0 Å². The number of ether oxygens (including phenoxy) is 1. The van der Waals surface area contributed by atoms with Gasteiger partial charge in [-0.3, -0.25) is 4.79 Å². The van der Waals surface area contributed by atoms with E-state index in [1.807, 2.05) is 6.92 Å². The van der Waals surface area contributed by atoms with Crippen LogP contribution in [0.25, 0.3) is 0 Å². The molecule has 254 valence electrons. The van der Waals surface area contributed by atoms with Crippen molar-refractivity contribution in [2.75, 3.05) is 13.2 Å². The number of carbonyl (C=O) groups is 1. The van der Waals surface area contributed by atoms with Crippen LogP contribution in [-0.4, -0.2) is 68.1 Å². The first kappa shape index (κ1) is 34.6. The molecule has 4 fully saturated rings. The van der Waals surface area contributed by atoms with Crippen LogP contribution in [0.2, 0.25) is 0 Å². The molecule has 5 rings (SSSR count). The molecule has 0 bridgehead atoms. The fraction of sp³-hybridized carbons (Fsp3) is 0.833. The highest BCUT2D eigenvalue weighted by Gasteiger charge is 2.73. The molecule has 1 heterocycles. The maximum atomic E-state index is 12.7. The summed E-state index contributed by atoms with van der Waals surface area (Å²) in [6.45, 7) is 2.00. The Balaban J connectivity index is 1.18. The molecule has 0 amide bonds. The molecule has 0 aromatic carbocycles. The summed E-state index contributed by atoms with van der Waals surface area (Å²) >= 11 is 0. The van der Waals surface area contributed by atoms with Gasteiger partial charge in [0.15, 0.2) is 0 Å². The fourth-order valence-electron chi connectivity index (χ4n) is 10.4. The number of hydrogen-bond donors (Lipinski definition) is 5. The SMILES string of the molecule is C[C@]12CC(O)C3C(CC[C@]4(O)C[C@@H](OC(=O)CCCCCCCCCCCO)CC[C@]34CO)[C@@]1(O)CC[C@@H]2c1ccc(=O)oc1. The van der Waals surface area contributed by atoms with E-state index >= 15 is 0 Å². The van der Waals surface area contributed by atoms with Crippen molar-refractivity contribution in [1.29, 1.82) is 0 Å². The number of aliphatic hydroxyl groups excluding tert-OH is 3. The zero-order chi connectivity index (χ0) is 32.3. The molecule has 9 nitrogen and oxygen atoms in total. The summed E-state index contributed by atoms with van der Waals surface area (Å²) in [6, 6.07) is 3.16. The smallest absolute Gasteiger partial charge is 0.335 e. The normalized spacial score (nSPS) is 39.1. The minimum absolute atomic E-state index is 0.0918. The van der Waals surface area contributed by atoms with E-state index in [2.05, 4.69) is 0 Å². The standard InChI is InChI=1S/C36H56O9/c1-33-22-29(39)32-28(36(33,43)19-16-27(33)25-12-13-30(40)44-23-25)15-18-35(42)21-26(14-17-34(32,35)24-38)45-31(41)11-9-7-5-3-2-4-6-8-10-20-37/h12-13,23,26-29,32,37-39,42-43H,2-11,14-22,24H2,1H3/t26-,27+,28?,29?,32?,33+,34-,35-,36-/m0/s1. The van der Waals surface area contributed by atoms with Crippen molar-refractivity contribution in [1.82, 2.24) is 0 Å². The Morgan fingerprint density at radius 2 is 1.60 bits per heavy atom. The molecule has 5 N–H and O–H groups in total. The van der Waals surface area contributed by atoms with Gasteiger partial charge in [0.25, 0.3) is 0 Å². The molecule has 9 atom stereocenters. The molecule has 0 spiro atoms. The van der Waals surface area contributed by atoms with Crippen molar-refractivity contribution in [3.05, 3.63) is 34.4 Å². The second kappa shape index (κ2) is 14.1. The van der Waals surface area contributed by atoms with Gasteiger partial charge in [-0.05, 0) is 81.3 Å². The van der Waals surface area contributed by atoms with E-state index in [4.69, 9.17) is 14.3 Å². The number of hydrogen-bond acceptors (Lipinski definition) is 9. The van der Waals surface area contributed by atoms with Gasteiger partial charge in [-0.1, -0.05) is 51.9 Å². The van der Waals surface area contributed by atoms with Gasteiger partial charge in [-0.15, -0.1) is 0 Å². The second-order valence-corrected chi connectivity index (χ2v) is 15.1. The van der Waals surface area contributed by atoms with Gasteiger partial charge in [-0.2, -0.15) is 0 Å². The van der Waals surface area contributed by atoms with Crippen LogP contribution in [0.3, 0.4) is 0 Å². The van der Waals surface area contributed by atoms with E-state index in [0.29, 0.717) is 51.4 Å². The maximum Gasteiger partial charge on any atom is 0.335 e. The van der Waals surface area contributed by atoms with Crippen molar-refractivity contribution >= 4 is 5.97 Å². The summed E-state index contributed by atoms with van der Waals surface area (Å²) in [4.78, 5) is 24.3. The predicted octanol–water partition coefficient (Wildman–Crippen LogP) is 4.74. The molecule has 0 aliphatic heterocycles. The predicted molar refractivity (Wildman–Crippen MR) is 168 cm³/mol. The topological polar surface area (TPSA) is 158 Å². The molecule has 3 unspecified atom stereocenters. The average Bonchev–Trinajstić information content (AvgIpc) is 3.28. The summed E-state index contributed by atoms with van der Waals surface area (Å²) in [7, 11) is 0. The van der Waals surface area contributed by atoms with Crippen molar-refractivity contribution in [2.45, 2.75) is 152 Å². The molecule has 45 heavy (non-hydrogen) atoms. The summed E-state index contributed by atoms with van der Waals surface area (Å²) in [5.74, 6) is -1.13. The Morgan fingerprint density at radius 1 is 0.911 bits per heavy atom. The molecule has 1 aromatic rings. The Morgan fingerprint density at radius 3 is 2.24 bits per heavy atom. The lowest BCUT2D eigenvalue weighted by Crippen LogP contribution is -2.72. The summed E-state index contributed by atoms with van der Waals surface area (Å²) in [5, 5.41) is 56.3. The van der Waals surface area contributed by atoms with Crippen LogP contribution in [0.15, 0.2) is 27.6 Å². The highest BCUT2D eigenvalue weighted by molar-refractivity contribution is 5.69. The van der Waals surface area contributed by atoms with Crippen molar-refractivity contribution in [3.63, 3.8) is 0 Å². The monoisotopic (exact) mass is 632 g/mol. The molecular formula is C36H56O9. The van der Waals surface area contributed by atoms with Gasteiger partial charge in [0.1, 0.15) is 6.10 Å². The molecule has 0 saturated heterocycles. The quantitative estimate of drug-likeness (QED) is 0.144. The van der Waals surface area contributed by atoms with Gasteiger partial charge in [0.2, 0.25) is 0 Å². The number of carbonyl (C=O) groups excluding carboxylic acids is 1. The molecule has 1 aromatic heterocycles. The van der Waals surface area contributed by atoms with Crippen LogP contribution in [0.5, 0.6) is 0 Å². The van der Waals surface area contributed by atoms with Crippen molar-refractivity contribution in [2.24, 2.45) is 22.7 Å². The lowest BCUT2D eigenvalue weighted by Gasteiger charge is -2.67. The zero-order valence-electron chi connectivity index (χ0n) is 27.1. The highest BCUT2D eigenvalue weighted by atomic mass is 16.5. The van der Waals surface area contributed by atoms with Crippen molar-refractivity contribution < 1.29 is 39.5 Å². The Labute approximate surface area is 267 Å². The molecule has 4 aliphatic rings. The van der Waals surface area contributed by atoms with E-state index in [-0.39, 0.29) is 37.4 Å². The van der Waals surface area contributed by atoms with Crippen LogP contribution < -0.4 is 5.63 Å². The first-order valence-corrected chi connectivity index (χ1v) is 17.7. The van der Waals surface area contributed by atoms with Crippen molar-refractivity contribution in [3.8, 4) is 0 Å². The van der Waals surface area contributed by atoms with E-state index < -0.39 is 45.8 Å². The van der Waals surface area contributed by atoms with Gasteiger partial charge in [-0.25, -0.2) is 4.79 Å². The van der Waals surface area contributed by atoms with Crippen LogP contribution in [0.1, 0.15) is 134 Å². The number of esters is 1.